The van der Waals surface area contributed by atoms with Crippen molar-refractivity contribution in [3.63, 3.8) is 0 Å². The highest BCUT2D eigenvalue weighted by Gasteiger charge is 2.40. The van der Waals surface area contributed by atoms with E-state index in [2.05, 4.69) is 14.8 Å². The third kappa shape index (κ3) is 2.75. The molecule has 0 saturated carbocycles. The summed E-state index contributed by atoms with van der Waals surface area (Å²) in [6.45, 7) is 1.51. The number of thiazole rings is 1. The molecular weight excluding hydrogens is 283 g/mol. The van der Waals surface area contributed by atoms with Crippen molar-refractivity contribution < 1.29 is 22.7 Å². The van der Waals surface area contributed by atoms with E-state index >= 15 is 0 Å². The van der Waals surface area contributed by atoms with Gasteiger partial charge in [0.2, 0.25) is 5.13 Å². The molecule has 0 bridgehead atoms. The zero-order valence-corrected chi connectivity index (χ0v) is 10.5. The summed E-state index contributed by atoms with van der Waals surface area (Å²) in [5.41, 5.74) is -1.25. The molecule has 0 unspecified atom stereocenters. The minimum atomic E-state index is -4.72. The van der Waals surface area contributed by atoms with E-state index in [0.717, 1.165) is 4.68 Å². The maximum absolute atomic E-state index is 12.8. The molecule has 0 N–H and O–H groups in total. The van der Waals surface area contributed by atoms with Gasteiger partial charge in [-0.3, -0.25) is 0 Å². The molecule has 2 rings (SSSR count). The number of hydrogen-bond acceptors (Lipinski definition) is 5. The lowest BCUT2D eigenvalue weighted by molar-refractivity contribution is -0.141. The van der Waals surface area contributed by atoms with Crippen molar-refractivity contribution in [1.82, 2.24) is 14.8 Å². The smallest absolute Gasteiger partial charge is 0.435 e. The largest absolute Gasteiger partial charge is 0.462 e. The highest BCUT2D eigenvalue weighted by atomic mass is 32.1. The number of nitrogens with zero attached hydrogens (tertiary/aromatic N) is 3. The third-order valence-electron chi connectivity index (χ3n) is 2.05. The summed E-state index contributed by atoms with van der Waals surface area (Å²) in [7, 11) is 0. The quantitative estimate of drug-likeness (QED) is 0.815. The first-order valence-corrected chi connectivity index (χ1v) is 6.00. The minimum absolute atomic E-state index is 0.00880. The van der Waals surface area contributed by atoms with E-state index in [0.29, 0.717) is 11.3 Å². The van der Waals surface area contributed by atoms with Gasteiger partial charge in [0.15, 0.2) is 5.69 Å². The second-order valence-electron chi connectivity index (χ2n) is 3.34. The van der Waals surface area contributed by atoms with Gasteiger partial charge in [-0.1, -0.05) is 11.3 Å². The molecule has 5 nitrogen and oxygen atoms in total. The molecule has 0 saturated heterocycles. The summed E-state index contributed by atoms with van der Waals surface area (Å²) in [5.74, 6) is -1.04. The molecule has 2 heterocycles. The fraction of sp³-hybridized carbons (Fsp3) is 0.300. The van der Waals surface area contributed by atoms with Gasteiger partial charge in [-0.05, 0) is 13.0 Å². The molecule has 0 aliphatic carbocycles. The van der Waals surface area contributed by atoms with Crippen LogP contribution in [-0.4, -0.2) is 27.3 Å². The number of carbonyl (C=O) groups excluding carboxylic acids is 1. The molecule has 0 amide bonds. The van der Waals surface area contributed by atoms with Crippen LogP contribution in [0.5, 0.6) is 0 Å². The maximum atomic E-state index is 12.8. The third-order valence-corrected chi connectivity index (χ3v) is 3.07. The summed E-state index contributed by atoms with van der Waals surface area (Å²) in [6.07, 6.45) is -1.88. The van der Waals surface area contributed by atoms with E-state index in [1.807, 2.05) is 0 Å². The maximum Gasteiger partial charge on any atom is 0.435 e. The lowest BCUT2D eigenvalue weighted by Crippen LogP contribution is -2.13. The molecule has 0 aliphatic heterocycles. The summed E-state index contributed by atoms with van der Waals surface area (Å²) in [4.78, 5) is 14.4. The van der Waals surface area contributed by atoms with Gasteiger partial charge in [0.1, 0.15) is 4.88 Å². The fourth-order valence-electron chi connectivity index (χ4n) is 1.32. The average Bonchev–Trinajstić information content (AvgIpc) is 2.97. The molecule has 0 fully saturated rings. The average molecular weight is 291 g/mol. The number of esters is 1. The van der Waals surface area contributed by atoms with Gasteiger partial charge in [-0.25, -0.2) is 14.5 Å². The van der Waals surface area contributed by atoms with Crippen molar-refractivity contribution in [3.05, 3.63) is 29.0 Å². The Morgan fingerprint density at radius 1 is 1.53 bits per heavy atom. The predicted octanol–water partition coefficient (Wildman–Crippen LogP) is 2.52. The molecule has 19 heavy (non-hydrogen) atoms. The van der Waals surface area contributed by atoms with Crippen LogP contribution in [0.15, 0.2) is 18.5 Å². The summed E-state index contributed by atoms with van der Waals surface area (Å²) in [6, 6.07) is 1.54. The van der Waals surface area contributed by atoms with Crippen molar-refractivity contribution in [2.24, 2.45) is 0 Å². The van der Waals surface area contributed by atoms with Gasteiger partial charge in [0.25, 0.3) is 0 Å². The number of rotatable bonds is 3. The number of halogens is 3. The monoisotopic (exact) mass is 291 g/mol. The van der Waals surface area contributed by atoms with E-state index in [9.17, 15) is 18.0 Å². The van der Waals surface area contributed by atoms with Gasteiger partial charge in [0.05, 0.1) is 6.61 Å². The van der Waals surface area contributed by atoms with E-state index < -0.39 is 22.7 Å². The molecule has 2 aromatic heterocycles. The molecule has 0 atom stereocenters. The van der Waals surface area contributed by atoms with Crippen LogP contribution in [-0.2, 0) is 10.9 Å². The zero-order valence-electron chi connectivity index (χ0n) is 9.64. The van der Waals surface area contributed by atoms with E-state index in [-0.39, 0.29) is 11.7 Å². The Balaban J connectivity index is 2.49. The Hall–Kier alpha value is -1.90. The first-order valence-electron chi connectivity index (χ1n) is 5.18. The van der Waals surface area contributed by atoms with Crippen LogP contribution < -0.4 is 0 Å². The van der Waals surface area contributed by atoms with Gasteiger partial charge in [-0.15, -0.1) is 0 Å². The van der Waals surface area contributed by atoms with Crippen LogP contribution in [0.3, 0.4) is 0 Å². The topological polar surface area (TPSA) is 57.0 Å². The van der Waals surface area contributed by atoms with Crippen LogP contribution in [0.2, 0.25) is 0 Å². The van der Waals surface area contributed by atoms with E-state index in [1.165, 1.54) is 19.3 Å². The number of alkyl halides is 3. The number of ether oxygens (including phenoxy) is 1. The van der Waals surface area contributed by atoms with E-state index in [4.69, 9.17) is 0 Å². The second-order valence-corrected chi connectivity index (χ2v) is 4.32. The molecule has 9 heteroatoms. The Morgan fingerprint density at radius 3 is 2.79 bits per heavy atom. The summed E-state index contributed by atoms with van der Waals surface area (Å²) >= 11 is 0.587. The number of carbonyl (C=O) groups is 1. The van der Waals surface area contributed by atoms with Crippen LogP contribution in [0.25, 0.3) is 5.13 Å². The Bertz CT molecular complexity index is 577. The number of aromatic nitrogens is 3. The molecule has 2 aromatic rings. The predicted molar refractivity (Wildman–Crippen MR) is 60.2 cm³/mol. The van der Waals surface area contributed by atoms with Gasteiger partial charge in [0, 0.05) is 12.4 Å². The lowest BCUT2D eigenvalue weighted by atomic mass is 10.3. The highest BCUT2D eigenvalue weighted by molar-refractivity contribution is 7.16. The van der Waals surface area contributed by atoms with Crippen molar-refractivity contribution in [1.29, 1.82) is 0 Å². The first kappa shape index (κ1) is 13.5. The number of hydrogen-bond donors (Lipinski definition) is 0. The zero-order chi connectivity index (χ0) is 14.0. The molecule has 102 valence electrons. The van der Waals surface area contributed by atoms with Crippen molar-refractivity contribution in [2.75, 3.05) is 6.61 Å². The van der Waals surface area contributed by atoms with Crippen LogP contribution in [0, 0.1) is 0 Å². The Labute approximate surface area is 109 Å². The van der Waals surface area contributed by atoms with Crippen LogP contribution >= 0.6 is 11.3 Å². The summed E-state index contributed by atoms with van der Waals surface area (Å²) < 4.78 is 44.2. The van der Waals surface area contributed by atoms with Crippen molar-refractivity contribution in [3.8, 4) is 5.13 Å². The highest BCUT2D eigenvalue weighted by Crippen LogP contribution is 2.35. The SMILES string of the molecule is CCOC(=O)c1sc(-n2cccn2)nc1C(F)(F)F. The molecule has 0 radical (unpaired) electrons. The molecule has 0 spiro atoms. The molecule has 0 aliphatic rings. The van der Waals surface area contributed by atoms with Crippen LogP contribution in [0.1, 0.15) is 22.3 Å². The lowest BCUT2D eigenvalue weighted by Gasteiger charge is -2.04. The van der Waals surface area contributed by atoms with Crippen molar-refractivity contribution in [2.45, 2.75) is 13.1 Å². The molecule has 0 aromatic carbocycles. The normalized spacial score (nSPS) is 11.6. The first-order chi connectivity index (χ1) is 8.93. The second kappa shape index (κ2) is 5.00. The van der Waals surface area contributed by atoms with E-state index in [1.54, 1.807) is 6.07 Å². The van der Waals surface area contributed by atoms with Crippen molar-refractivity contribution >= 4 is 17.3 Å². The standard InChI is InChI=1S/C10H8F3N3O2S/c1-2-18-8(17)6-7(10(11,12)13)15-9(19-6)16-5-3-4-14-16/h3-5H,2H2,1H3. The summed E-state index contributed by atoms with van der Waals surface area (Å²) in [5, 5.41) is 3.73. The van der Waals surface area contributed by atoms with Crippen LogP contribution in [0.4, 0.5) is 13.2 Å². The van der Waals surface area contributed by atoms with Gasteiger partial charge in [-0.2, -0.15) is 18.3 Å². The minimum Gasteiger partial charge on any atom is -0.462 e. The molecular formula is C10H8F3N3O2S. The van der Waals surface area contributed by atoms with Gasteiger partial charge >= 0.3 is 12.1 Å². The Kier molecular flexibility index (Phi) is 3.56. The Morgan fingerprint density at radius 2 is 2.26 bits per heavy atom. The fourth-order valence-corrected chi connectivity index (χ4v) is 2.24. The van der Waals surface area contributed by atoms with Gasteiger partial charge < -0.3 is 4.74 Å².